The topological polar surface area (TPSA) is 74.8 Å². The minimum atomic E-state index is -3.72. The predicted molar refractivity (Wildman–Crippen MR) is 115 cm³/mol. The molecule has 0 aliphatic carbocycles. The largest absolute Gasteiger partial charge is 0.340 e. The van der Waals surface area contributed by atoms with E-state index < -0.39 is 10.0 Å². The van der Waals surface area contributed by atoms with Gasteiger partial charge in [-0.3, -0.25) is 9.59 Å². The average Bonchev–Trinajstić information content (AvgIpc) is 3.14. The summed E-state index contributed by atoms with van der Waals surface area (Å²) in [7, 11) is -3.72. The van der Waals surface area contributed by atoms with Crippen molar-refractivity contribution in [2.45, 2.75) is 17.7 Å². The monoisotopic (exact) mass is 494 g/mol. The molecular weight excluding hydrogens is 479 g/mol. The SMILES string of the molecule is O=C(CCC(=O)N1CCN(S(=O)(=O)c2ccc(Cl)c(Cl)c2)CC1)c1ccc(Cl)s1. The summed E-state index contributed by atoms with van der Waals surface area (Å²) in [6, 6.07) is 7.46. The Morgan fingerprint density at radius 2 is 1.62 bits per heavy atom. The third-order valence-corrected chi connectivity index (χ3v) is 8.44. The Morgan fingerprint density at radius 1 is 0.931 bits per heavy atom. The summed E-state index contributed by atoms with van der Waals surface area (Å²) in [5, 5.41) is 0.443. The Morgan fingerprint density at radius 3 is 2.21 bits per heavy atom. The molecular formula is C18H17Cl3N2O4S2. The molecule has 1 fully saturated rings. The zero-order valence-corrected chi connectivity index (χ0v) is 19.0. The summed E-state index contributed by atoms with van der Waals surface area (Å²) in [5.74, 6) is -0.302. The number of benzene rings is 1. The van der Waals surface area contributed by atoms with Crippen molar-refractivity contribution in [1.82, 2.24) is 9.21 Å². The molecule has 0 atom stereocenters. The van der Waals surface area contributed by atoms with E-state index in [1.165, 1.54) is 33.8 Å². The molecule has 0 spiro atoms. The Kier molecular flexibility index (Phi) is 7.24. The number of carbonyl (C=O) groups is 2. The van der Waals surface area contributed by atoms with Gasteiger partial charge in [-0.05, 0) is 30.3 Å². The van der Waals surface area contributed by atoms with Gasteiger partial charge in [0.15, 0.2) is 5.78 Å². The van der Waals surface area contributed by atoms with E-state index in [-0.39, 0.29) is 65.7 Å². The maximum absolute atomic E-state index is 12.8. The van der Waals surface area contributed by atoms with Crippen LogP contribution in [0.25, 0.3) is 0 Å². The molecule has 1 aromatic heterocycles. The molecule has 0 saturated carbocycles. The molecule has 2 aromatic rings. The molecule has 2 heterocycles. The number of halogens is 3. The lowest BCUT2D eigenvalue weighted by Gasteiger charge is -2.34. The highest BCUT2D eigenvalue weighted by molar-refractivity contribution is 7.89. The first-order chi connectivity index (χ1) is 13.7. The lowest BCUT2D eigenvalue weighted by Crippen LogP contribution is -2.50. The second-order valence-corrected chi connectivity index (χ2v) is 10.9. The smallest absolute Gasteiger partial charge is 0.243 e. The first-order valence-electron chi connectivity index (χ1n) is 8.70. The lowest BCUT2D eigenvalue weighted by atomic mass is 10.1. The number of thiophene rings is 1. The zero-order chi connectivity index (χ0) is 21.2. The summed E-state index contributed by atoms with van der Waals surface area (Å²) < 4.78 is 27.4. The Hall–Kier alpha value is -1.16. The summed E-state index contributed by atoms with van der Waals surface area (Å²) in [4.78, 5) is 26.7. The van der Waals surface area contributed by atoms with E-state index in [9.17, 15) is 18.0 Å². The molecule has 11 heteroatoms. The fraction of sp³-hybridized carbons (Fsp3) is 0.333. The van der Waals surface area contributed by atoms with Crippen molar-refractivity contribution in [2.24, 2.45) is 0 Å². The molecule has 1 aliphatic heterocycles. The normalized spacial score (nSPS) is 15.5. The van der Waals surface area contributed by atoms with E-state index in [1.807, 2.05) is 0 Å². The maximum atomic E-state index is 12.8. The third-order valence-electron chi connectivity index (χ3n) is 4.53. The molecule has 1 aromatic carbocycles. The molecule has 0 bridgehead atoms. The van der Waals surface area contributed by atoms with Crippen LogP contribution in [-0.2, 0) is 14.8 Å². The van der Waals surface area contributed by atoms with E-state index in [4.69, 9.17) is 34.8 Å². The summed E-state index contributed by atoms with van der Waals surface area (Å²) in [5.41, 5.74) is 0. The van der Waals surface area contributed by atoms with Gasteiger partial charge >= 0.3 is 0 Å². The summed E-state index contributed by atoms with van der Waals surface area (Å²) in [6.07, 6.45) is 0.172. The number of rotatable bonds is 6. The van der Waals surface area contributed by atoms with Crippen LogP contribution in [0, 0.1) is 0 Å². The predicted octanol–water partition coefficient (Wildman–Crippen LogP) is 4.20. The van der Waals surface area contributed by atoms with Crippen molar-refractivity contribution in [2.75, 3.05) is 26.2 Å². The van der Waals surface area contributed by atoms with Crippen LogP contribution >= 0.6 is 46.1 Å². The van der Waals surface area contributed by atoms with E-state index in [1.54, 1.807) is 17.0 Å². The van der Waals surface area contributed by atoms with Gasteiger partial charge in [-0.25, -0.2) is 8.42 Å². The molecule has 1 aliphatic rings. The van der Waals surface area contributed by atoms with Gasteiger partial charge in [0, 0.05) is 39.0 Å². The molecule has 1 saturated heterocycles. The standard InChI is InChI=1S/C18H17Cl3N2O4S2/c19-13-2-1-12(11-14(13)20)29(26,27)23-9-7-22(8-10-23)18(25)6-3-15(24)16-4-5-17(21)28-16/h1-2,4-5,11H,3,6-10H2. The van der Waals surface area contributed by atoms with Gasteiger partial charge in [-0.15, -0.1) is 11.3 Å². The number of hydrogen-bond donors (Lipinski definition) is 0. The van der Waals surface area contributed by atoms with Crippen LogP contribution < -0.4 is 0 Å². The number of nitrogens with zero attached hydrogens (tertiary/aromatic N) is 2. The van der Waals surface area contributed by atoms with Crippen molar-refractivity contribution in [3.8, 4) is 0 Å². The Balaban J connectivity index is 1.54. The second-order valence-electron chi connectivity index (χ2n) is 6.39. The van der Waals surface area contributed by atoms with E-state index in [2.05, 4.69) is 0 Å². The first-order valence-corrected chi connectivity index (χ1v) is 12.1. The quantitative estimate of drug-likeness (QED) is 0.563. The molecule has 1 amide bonds. The molecule has 0 N–H and O–H groups in total. The molecule has 0 unspecified atom stereocenters. The van der Waals surface area contributed by atoms with Crippen molar-refractivity contribution >= 4 is 67.9 Å². The highest BCUT2D eigenvalue weighted by Crippen LogP contribution is 2.27. The van der Waals surface area contributed by atoms with Crippen LogP contribution in [0.2, 0.25) is 14.4 Å². The van der Waals surface area contributed by atoms with Gasteiger partial charge in [-0.1, -0.05) is 34.8 Å². The maximum Gasteiger partial charge on any atom is 0.243 e. The highest BCUT2D eigenvalue weighted by atomic mass is 35.5. The first kappa shape index (κ1) is 22.5. The number of Topliss-reactive ketones (excluding diaryl/α,β-unsaturated/α-hetero) is 1. The van der Waals surface area contributed by atoms with Crippen molar-refractivity contribution < 1.29 is 18.0 Å². The van der Waals surface area contributed by atoms with Crippen LogP contribution in [0.3, 0.4) is 0 Å². The zero-order valence-electron chi connectivity index (χ0n) is 15.1. The summed E-state index contributed by atoms with van der Waals surface area (Å²) in [6.45, 7) is 0.863. The lowest BCUT2D eigenvalue weighted by molar-refractivity contribution is -0.132. The van der Waals surface area contributed by atoms with Crippen LogP contribution in [0.15, 0.2) is 35.2 Å². The molecule has 3 rings (SSSR count). The molecule has 29 heavy (non-hydrogen) atoms. The Bertz CT molecular complexity index is 1030. The van der Waals surface area contributed by atoms with Gasteiger partial charge in [0.2, 0.25) is 15.9 Å². The fourth-order valence-electron chi connectivity index (χ4n) is 2.93. The van der Waals surface area contributed by atoms with Gasteiger partial charge in [0.05, 0.1) is 24.2 Å². The minimum Gasteiger partial charge on any atom is -0.340 e. The number of amides is 1. The summed E-state index contributed by atoms with van der Waals surface area (Å²) >= 11 is 18.8. The molecule has 156 valence electrons. The van der Waals surface area contributed by atoms with Gasteiger partial charge in [0.1, 0.15) is 0 Å². The van der Waals surface area contributed by atoms with Crippen molar-refractivity contribution in [3.63, 3.8) is 0 Å². The highest BCUT2D eigenvalue weighted by Gasteiger charge is 2.30. The van der Waals surface area contributed by atoms with E-state index in [0.717, 1.165) is 0 Å². The van der Waals surface area contributed by atoms with Gasteiger partial charge < -0.3 is 4.90 Å². The number of sulfonamides is 1. The second kappa shape index (κ2) is 9.32. The third kappa shape index (κ3) is 5.31. The van der Waals surface area contributed by atoms with Crippen molar-refractivity contribution in [3.05, 3.63) is 49.6 Å². The number of piperazine rings is 1. The van der Waals surface area contributed by atoms with Crippen molar-refractivity contribution in [1.29, 1.82) is 0 Å². The van der Waals surface area contributed by atoms with E-state index >= 15 is 0 Å². The van der Waals surface area contributed by atoms with Gasteiger partial charge in [0.25, 0.3) is 0 Å². The number of carbonyl (C=O) groups excluding carboxylic acids is 2. The van der Waals surface area contributed by atoms with Gasteiger partial charge in [-0.2, -0.15) is 4.31 Å². The van der Waals surface area contributed by atoms with Crippen LogP contribution in [0.4, 0.5) is 0 Å². The number of hydrogen-bond acceptors (Lipinski definition) is 5. The van der Waals surface area contributed by atoms with E-state index in [0.29, 0.717) is 9.21 Å². The minimum absolute atomic E-state index is 0.0619. The Labute approximate surface area is 188 Å². The average molecular weight is 496 g/mol. The molecule has 0 radical (unpaired) electrons. The van der Waals surface area contributed by atoms with Crippen LogP contribution in [-0.4, -0.2) is 55.5 Å². The fourth-order valence-corrected chi connectivity index (χ4v) is 5.75. The number of ketones is 1. The van der Waals surface area contributed by atoms with Crippen LogP contribution in [0.5, 0.6) is 0 Å². The molecule has 6 nitrogen and oxygen atoms in total. The van der Waals surface area contributed by atoms with Crippen LogP contribution in [0.1, 0.15) is 22.5 Å².